The van der Waals surface area contributed by atoms with Crippen LogP contribution in [0.3, 0.4) is 0 Å². The predicted molar refractivity (Wildman–Crippen MR) is 136 cm³/mol. The number of aryl methyl sites for hydroxylation is 2. The van der Waals surface area contributed by atoms with Gasteiger partial charge in [0, 0.05) is 30.5 Å². The molecule has 1 heterocycles. The van der Waals surface area contributed by atoms with Gasteiger partial charge in [0.1, 0.15) is 5.70 Å². The summed E-state index contributed by atoms with van der Waals surface area (Å²) in [6.07, 6.45) is 0. The summed E-state index contributed by atoms with van der Waals surface area (Å²) in [6.45, 7) is 5.82. The number of nitrogens with one attached hydrogen (secondary N) is 1. The minimum Gasteiger partial charge on any atom is -0.378 e. The maximum Gasteiger partial charge on any atom is 0.282 e. The molecule has 0 unspecified atom stereocenters. The zero-order chi connectivity index (χ0) is 23.9. The van der Waals surface area contributed by atoms with Gasteiger partial charge in [0.05, 0.1) is 11.3 Å². The van der Waals surface area contributed by atoms with E-state index in [1.807, 2.05) is 82.2 Å². The SMILES string of the molecule is Cc1ccc(C2=C(Nc3cccc(Cl)c3C)C(=O)N(c3ccc(N(C)C)cc3)C2=O)c(C)c1. The van der Waals surface area contributed by atoms with Gasteiger partial charge in [-0.05, 0) is 73.9 Å². The van der Waals surface area contributed by atoms with Crippen LogP contribution < -0.4 is 15.1 Å². The number of hydrogen-bond acceptors (Lipinski definition) is 4. The third-order valence-electron chi connectivity index (χ3n) is 5.89. The van der Waals surface area contributed by atoms with Crippen LogP contribution in [0, 0.1) is 20.8 Å². The van der Waals surface area contributed by atoms with Gasteiger partial charge in [-0.2, -0.15) is 0 Å². The lowest BCUT2D eigenvalue weighted by Gasteiger charge is -2.18. The van der Waals surface area contributed by atoms with Crippen molar-refractivity contribution in [3.63, 3.8) is 0 Å². The summed E-state index contributed by atoms with van der Waals surface area (Å²) in [7, 11) is 3.88. The molecule has 1 N–H and O–H groups in total. The summed E-state index contributed by atoms with van der Waals surface area (Å²) in [5, 5.41) is 3.81. The van der Waals surface area contributed by atoms with Crippen LogP contribution in [0.1, 0.15) is 22.3 Å². The third kappa shape index (κ3) is 4.12. The van der Waals surface area contributed by atoms with E-state index in [-0.39, 0.29) is 11.6 Å². The Kier molecular flexibility index (Phi) is 6.00. The first-order valence-corrected chi connectivity index (χ1v) is 11.1. The van der Waals surface area contributed by atoms with Gasteiger partial charge in [-0.3, -0.25) is 9.59 Å². The highest BCUT2D eigenvalue weighted by atomic mass is 35.5. The Bertz CT molecular complexity index is 1290. The third-order valence-corrected chi connectivity index (χ3v) is 6.30. The second-order valence-corrected chi connectivity index (χ2v) is 8.87. The monoisotopic (exact) mass is 459 g/mol. The zero-order valence-corrected chi connectivity index (χ0v) is 20.1. The molecular formula is C27H26ClN3O2. The fourth-order valence-corrected chi connectivity index (χ4v) is 4.18. The molecule has 6 heteroatoms. The van der Waals surface area contributed by atoms with E-state index < -0.39 is 5.91 Å². The van der Waals surface area contributed by atoms with E-state index in [4.69, 9.17) is 11.6 Å². The van der Waals surface area contributed by atoms with Gasteiger partial charge in [0.2, 0.25) is 0 Å². The number of rotatable bonds is 5. The van der Waals surface area contributed by atoms with Crippen molar-refractivity contribution in [2.75, 3.05) is 29.2 Å². The molecule has 4 rings (SSSR count). The number of amides is 2. The molecule has 0 atom stereocenters. The van der Waals surface area contributed by atoms with Crippen molar-refractivity contribution in [2.45, 2.75) is 20.8 Å². The highest BCUT2D eigenvalue weighted by molar-refractivity contribution is 6.46. The van der Waals surface area contributed by atoms with Crippen LogP contribution in [0.4, 0.5) is 17.1 Å². The van der Waals surface area contributed by atoms with Gasteiger partial charge < -0.3 is 10.2 Å². The topological polar surface area (TPSA) is 52.7 Å². The first kappa shape index (κ1) is 22.6. The minimum absolute atomic E-state index is 0.244. The number of benzene rings is 3. The summed E-state index contributed by atoms with van der Waals surface area (Å²) in [6, 6.07) is 18.7. The Morgan fingerprint density at radius 1 is 0.879 bits per heavy atom. The van der Waals surface area contributed by atoms with Crippen LogP contribution in [0.5, 0.6) is 0 Å². The van der Waals surface area contributed by atoms with Crippen LogP contribution in [0.25, 0.3) is 5.57 Å². The zero-order valence-electron chi connectivity index (χ0n) is 19.4. The quantitative estimate of drug-likeness (QED) is 0.495. The fourth-order valence-electron chi connectivity index (χ4n) is 4.00. The van der Waals surface area contributed by atoms with Crippen molar-refractivity contribution in [1.82, 2.24) is 0 Å². The van der Waals surface area contributed by atoms with Crippen molar-refractivity contribution < 1.29 is 9.59 Å². The van der Waals surface area contributed by atoms with E-state index in [1.165, 1.54) is 4.90 Å². The molecular weight excluding hydrogens is 434 g/mol. The average Bonchev–Trinajstić information content (AvgIpc) is 3.01. The fraction of sp³-hybridized carbons (Fsp3) is 0.185. The molecule has 0 fully saturated rings. The molecule has 3 aromatic rings. The van der Waals surface area contributed by atoms with Crippen LogP contribution in [0.15, 0.2) is 66.4 Å². The lowest BCUT2D eigenvalue weighted by Crippen LogP contribution is -2.32. The summed E-state index contributed by atoms with van der Waals surface area (Å²) >= 11 is 6.30. The average molecular weight is 460 g/mol. The highest BCUT2D eigenvalue weighted by Gasteiger charge is 2.40. The Morgan fingerprint density at radius 3 is 2.21 bits per heavy atom. The standard InChI is InChI=1S/C27H26ClN3O2/c1-16-9-14-21(17(2)15-16)24-25(29-23-8-6-7-22(28)18(23)3)27(33)31(26(24)32)20-12-10-19(11-13-20)30(4)5/h6-15,29H,1-5H3. The van der Waals surface area contributed by atoms with Crippen LogP contribution in [0.2, 0.25) is 5.02 Å². The first-order valence-electron chi connectivity index (χ1n) is 10.7. The molecule has 5 nitrogen and oxygen atoms in total. The second-order valence-electron chi connectivity index (χ2n) is 8.46. The largest absolute Gasteiger partial charge is 0.378 e. The number of halogens is 1. The van der Waals surface area contributed by atoms with Crippen molar-refractivity contribution in [2.24, 2.45) is 0 Å². The smallest absolute Gasteiger partial charge is 0.282 e. The Balaban J connectivity index is 1.85. The molecule has 0 saturated carbocycles. The van der Waals surface area contributed by atoms with Gasteiger partial charge in [0.25, 0.3) is 11.8 Å². The molecule has 0 spiro atoms. The number of carbonyl (C=O) groups excluding carboxylic acids is 2. The van der Waals surface area contributed by atoms with E-state index in [0.717, 1.165) is 27.9 Å². The summed E-state index contributed by atoms with van der Waals surface area (Å²) in [4.78, 5) is 30.5. The maximum atomic E-state index is 13.7. The van der Waals surface area contributed by atoms with Crippen LogP contribution in [-0.2, 0) is 9.59 Å². The molecule has 0 saturated heterocycles. The molecule has 0 bridgehead atoms. The molecule has 0 radical (unpaired) electrons. The normalized spacial score (nSPS) is 13.7. The van der Waals surface area contributed by atoms with Crippen LogP contribution in [-0.4, -0.2) is 25.9 Å². The number of nitrogens with zero attached hydrogens (tertiary/aromatic N) is 2. The number of imide groups is 1. The second kappa shape index (κ2) is 8.75. The Hall–Kier alpha value is -3.57. The molecule has 1 aliphatic rings. The van der Waals surface area contributed by atoms with Gasteiger partial charge in [0.15, 0.2) is 0 Å². The molecule has 1 aliphatic heterocycles. The summed E-state index contributed by atoms with van der Waals surface area (Å²) in [5.41, 5.74) is 6.34. The van der Waals surface area contributed by atoms with Gasteiger partial charge in [-0.1, -0.05) is 41.4 Å². The molecule has 0 aromatic heterocycles. The number of hydrogen-bond donors (Lipinski definition) is 1. The highest BCUT2D eigenvalue weighted by Crippen LogP contribution is 2.36. The van der Waals surface area contributed by atoms with Crippen LogP contribution >= 0.6 is 11.6 Å². The molecule has 3 aromatic carbocycles. The Labute approximate surface area is 199 Å². The van der Waals surface area contributed by atoms with E-state index >= 15 is 0 Å². The first-order chi connectivity index (χ1) is 15.7. The molecule has 168 valence electrons. The molecule has 33 heavy (non-hydrogen) atoms. The lowest BCUT2D eigenvalue weighted by atomic mass is 9.97. The van der Waals surface area contributed by atoms with Gasteiger partial charge >= 0.3 is 0 Å². The van der Waals surface area contributed by atoms with Crippen molar-refractivity contribution in [1.29, 1.82) is 0 Å². The Morgan fingerprint density at radius 2 is 1.58 bits per heavy atom. The maximum absolute atomic E-state index is 13.7. The van der Waals surface area contributed by atoms with Crippen molar-refractivity contribution in [3.05, 3.63) is 93.6 Å². The van der Waals surface area contributed by atoms with E-state index in [0.29, 0.717) is 22.0 Å². The van der Waals surface area contributed by atoms with E-state index in [9.17, 15) is 9.59 Å². The minimum atomic E-state index is -0.396. The van der Waals surface area contributed by atoms with Gasteiger partial charge in [-0.15, -0.1) is 0 Å². The number of carbonyl (C=O) groups is 2. The van der Waals surface area contributed by atoms with Crippen molar-refractivity contribution >= 4 is 46.1 Å². The number of anilines is 3. The van der Waals surface area contributed by atoms with E-state index in [2.05, 4.69) is 5.32 Å². The van der Waals surface area contributed by atoms with E-state index in [1.54, 1.807) is 18.2 Å². The summed E-state index contributed by atoms with van der Waals surface area (Å²) in [5.74, 6) is -0.751. The van der Waals surface area contributed by atoms with Crippen molar-refractivity contribution in [3.8, 4) is 0 Å². The predicted octanol–water partition coefficient (Wildman–Crippen LogP) is 5.73. The van der Waals surface area contributed by atoms with Gasteiger partial charge in [-0.25, -0.2) is 4.90 Å². The molecule has 2 amide bonds. The lowest BCUT2D eigenvalue weighted by molar-refractivity contribution is -0.120. The summed E-state index contributed by atoms with van der Waals surface area (Å²) < 4.78 is 0. The molecule has 0 aliphatic carbocycles.